The molecule has 1 aromatic carbocycles. The van der Waals surface area contributed by atoms with Crippen LogP contribution in [0.3, 0.4) is 0 Å². The highest BCUT2D eigenvalue weighted by Crippen LogP contribution is 2.29. The monoisotopic (exact) mass is 328 g/mol. The van der Waals surface area contributed by atoms with Crippen molar-refractivity contribution in [2.45, 2.75) is 13.0 Å². The molecule has 1 aliphatic heterocycles. The first-order valence-corrected chi connectivity index (χ1v) is 8.47. The molecular weight excluding hydrogens is 312 g/mol. The van der Waals surface area contributed by atoms with E-state index in [0.717, 1.165) is 5.56 Å². The van der Waals surface area contributed by atoms with Gasteiger partial charge in [0.05, 0.1) is 5.75 Å². The molecule has 1 unspecified atom stereocenters. The summed E-state index contributed by atoms with van der Waals surface area (Å²) in [5.41, 5.74) is 1.54. The van der Waals surface area contributed by atoms with Crippen LogP contribution in [0.25, 0.3) is 0 Å². The van der Waals surface area contributed by atoms with Crippen molar-refractivity contribution in [1.29, 1.82) is 0 Å². The van der Waals surface area contributed by atoms with Crippen LogP contribution in [0.4, 0.5) is 0 Å². The Hall–Kier alpha value is -1.37. The summed E-state index contributed by atoms with van der Waals surface area (Å²) in [6.07, 6.45) is 0. The Morgan fingerprint density at radius 2 is 2.14 bits per heavy atom. The lowest BCUT2D eigenvalue weighted by molar-refractivity contribution is -0.126. The lowest BCUT2D eigenvalue weighted by Gasteiger charge is -2.34. The van der Waals surface area contributed by atoms with Crippen molar-refractivity contribution in [3.8, 4) is 0 Å². The molecule has 0 aromatic heterocycles. The van der Waals surface area contributed by atoms with E-state index in [-0.39, 0.29) is 29.8 Å². The van der Waals surface area contributed by atoms with Gasteiger partial charge in [0.25, 0.3) is 0 Å². The topological polar surface area (TPSA) is 66.5 Å². The number of aryl methyl sites for hydroxylation is 1. The molecule has 0 aliphatic carbocycles. The molecule has 2 rings (SSSR count). The van der Waals surface area contributed by atoms with Crippen LogP contribution in [-0.4, -0.2) is 37.5 Å². The van der Waals surface area contributed by atoms with Crippen LogP contribution < -0.4 is 5.32 Å². The van der Waals surface area contributed by atoms with E-state index in [4.69, 9.17) is 11.6 Å². The van der Waals surface area contributed by atoms with Crippen molar-refractivity contribution >= 4 is 27.5 Å². The zero-order valence-electron chi connectivity index (χ0n) is 11.7. The summed E-state index contributed by atoms with van der Waals surface area (Å²) in [5, 5.41) is 2.74. The molecule has 114 valence electrons. The van der Waals surface area contributed by atoms with Gasteiger partial charge in [-0.05, 0) is 18.1 Å². The zero-order valence-corrected chi connectivity index (χ0v) is 13.2. The van der Waals surface area contributed by atoms with Gasteiger partial charge in [0.1, 0.15) is 6.04 Å². The molecule has 1 fully saturated rings. The molecule has 1 heterocycles. The summed E-state index contributed by atoms with van der Waals surface area (Å²) >= 11 is 5.64. The van der Waals surface area contributed by atoms with E-state index in [1.807, 2.05) is 19.1 Å². The van der Waals surface area contributed by atoms with Gasteiger partial charge in [0.2, 0.25) is 15.9 Å². The number of carbonyl (C=O) groups is 1. The Kier molecular flexibility index (Phi) is 4.70. The number of sulfonamides is 1. The molecule has 1 N–H and O–H groups in total. The van der Waals surface area contributed by atoms with E-state index in [0.29, 0.717) is 5.56 Å². The summed E-state index contributed by atoms with van der Waals surface area (Å²) in [6, 6.07) is 6.39. The van der Waals surface area contributed by atoms with Gasteiger partial charge in [-0.15, -0.1) is 0 Å². The van der Waals surface area contributed by atoms with Gasteiger partial charge in [0, 0.05) is 18.1 Å². The molecule has 7 heteroatoms. The van der Waals surface area contributed by atoms with Gasteiger partial charge in [-0.2, -0.15) is 4.31 Å². The number of hydrogen-bond acceptors (Lipinski definition) is 3. The highest BCUT2D eigenvalue weighted by atomic mass is 35.5. The minimum atomic E-state index is -3.69. The van der Waals surface area contributed by atoms with Gasteiger partial charge in [-0.3, -0.25) is 4.79 Å². The zero-order chi connectivity index (χ0) is 15.6. The molecule has 0 bridgehead atoms. The molecule has 1 amide bonds. The van der Waals surface area contributed by atoms with E-state index in [9.17, 15) is 13.2 Å². The second-order valence-electron chi connectivity index (χ2n) is 4.93. The number of halogens is 1. The van der Waals surface area contributed by atoms with E-state index >= 15 is 0 Å². The van der Waals surface area contributed by atoms with Crippen molar-refractivity contribution in [2.75, 3.05) is 18.8 Å². The summed E-state index contributed by atoms with van der Waals surface area (Å²) < 4.78 is 26.1. The van der Waals surface area contributed by atoms with Crippen LogP contribution in [0.2, 0.25) is 0 Å². The van der Waals surface area contributed by atoms with Gasteiger partial charge in [-0.1, -0.05) is 42.4 Å². The second kappa shape index (κ2) is 6.17. The molecule has 1 saturated heterocycles. The Labute approximate surface area is 129 Å². The average Bonchev–Trinajstić information content (AvgIpc) is 2.38. The van der Waals surface area contributed by atoms with Crippen molar-refractivity contribution in [3.63, 3.8) is 0 Å². The quantitative estimate of drug-likeness (QED) is 0.912. The number of amides is 1. The van der Waals surface area contributed by atoms with E-state index in [1.54, 1.807) is 12.1 Å². The predicted molar refractivity (Wildman–Crippen MR) is 82.4 cm³/mol. The third-order valence-electron chi connectivity index (χ3n) is 3.35. The predicted octanol–water partition coefficient (Wildman–Crippen LogP) is 1.55. The fourth-order valence-electron chi connectivity index (χ4n) is 2.42. The van der Waals surface area contributed by atoms with Gasteiger partial charge < -0.3 is 5.32 Å². The van der Waals surface area contributed by atoms with Crippen molar-refractivity contribution in [3.05, 3.63) is 47.0 Å². The summed E-state index contributed by atoms with van der Waals surface area (Å²) in [7, 11) is -3.69. The number of benzene rings is 1. The molecule has 0 spiro atoms. The Bertz CT molecular complexity index is 673. The highest BCUT2D eigenvalue weighted by Gasteiger charge is 2.39. The van der Waals surface area contributed by atoms with E-state index < -0.39 is 16.1 Å². The number of piperazine rings is 1. The molecule has 1 atom stereocenters. The molecule has 21 heavy (non-hydrogen) atoms. The summed E-state index contributed by atoms with van der Waals surface area (Å²) in [6.45, 7) is 5.78. The maximum Gasteiger partial charge on any atom is 0.243 e. The molecule has 1 aromatic rings. The molecule has 0 radical (unpaired) electrons. The smallest absolute Gasteiger partial charge is 0.243 e. The number of nitrogens with zero attached hydrogens (tertiary/aromatic N) is 1. The third kappa shape index (κ3) is 3.45. The Morgan fingerprint density at radius 3 is 2.76 bits per heavy atom. The second-order valence-corrected chi connectivity index (χ2v) is 7.39. The van der Waals surface area contributed by atoms with Crippen LogP contribution in [0.5, 0.6) is 0 Å². The van der Waals surface area contributed by atoms with Crippen LogP contribution in [0, 0.1) is 6.92 Å². The summed E-state index contributed by atoms with van der Waals surface area (Å²) in [5.74, 6) is -0.691. The molecular formula is C14H17ClN2O3S. The molecule has 0 saturated carbocycles. The normalized spacial score (nSPS) is 20.1. The molecule has 1 aliphatic rings. The number of carbonyl (C=O) groups excluding carboxylic acids is 1. The minimum absolute atomic E-state index is 0.0320. The first-order chi connectivity index (χ1) is 9.83. The third-order valence-corrected chi connectivity index (χ3v) is 5.46. The Balaban J connectivity index is 2.46. The number of rotatable bonds is 4. The standard InChI is InChI=1S/C14H17ClN2O3S/c1-10-5-3-4-6-12(10)13-14(18)16-7-8-17(13)21(19,20)9-11(2)15/h3-6,13H,2,7-9H2,1H3,(H,16,18). The average molecular weight is 329 g/mol. The van der Waals surface area contributed by atoms with Crippen LogP contribution in [-0.2, 0) is 14.8 Å². The van der Waals surface area contributed by atoms with E-state index in [2.05, 4.69) is 11.9 Å². The van der Waals surface area contributed by atoms with Gasteiger partial charge in [0.15, 0.2) is 0 Å². The SMILES string of the molecule is C=C(Cl)CS(=O)(=O)N1CCNC(=O)C1c1ccccc1C. The van der Waals surface area contributed by atoms with Gasteiger partial charge >= 0.3 is 0 Å². The fraction of sp³-hybridized carbons (Fsp3) is 0.357. The number of hydrogen-bond donors (Lipinski definition) is 1. The van der Waals surface area contributed by atoms with Crippen molar-refractivity contribution in [1.82, 2.24) is 9.62 Å². The summed E-state index contributed by atoms with van der Waals surface area (Å²) in [4.78, 5) is 12.2. The highest BCUT2D eigenvalue weighted by molar-refractivity contribution is 7.89. The van der Waals surface area contributed by atoms with Crippen LogP contribution in [0.15, 0.2) is 35.9 Å². The first kappa shape index (κ1) is 16.0. The first-order valence-electron chi connectivity index (χ1n) is 6.49. The van der Waals surface area contributed by atoms with Crippen LogP contribution in [0.1, 0.15) is 17.2 Å². The van der Waals surface area contributed by atoms with Crippen molar-refractivity contribution < 1.29 is 13.2 Å². The van der Waals surface area contributed by atoms with Crippen molar-refractivity contribution in [2.24, 2.45) is 0 Å². The lowest BCUT2D eigenvalue weighted by Crippen LogP contribution is -2.52. The maximum atomic E-state index is 12.4. The fourth-order valence-corrected chi connectivity index (χ4v) is 4.29. The molecule has 5 nitrogen and oxygen atoms in total. The lowest BCUT2D eigenvalue weighted by atomic mass is 9.99. The van der Waals surface area contributed by atoms with E-state index in [1.165, 1.54) is 4.31 Å². The largest absolute Gasteiger partial charge is 0.353 e. The minimum Gasteiger partial charge on any atom is -0.353 e. The Morgan fingerprint density at radius 1 is 1.48 bits per heavy atom. The maximum absolute atomic E-state index is 12.4. The van der Waals surface area contributed by atoms with Crippen LogP contribution >= 0.6 is 11.6 Å². The van der Waals surface area contributed by atoms with Gasteiger partial charge in [-0.25, -0.2) is 8.42 Å². The number of nitrogens with one attached hydrogen (secondary N) is 1.